The predicted octanol–water partition coefficient (Wildman–Crippen LogP) is 1.98. The Morgan fingerprint density at radius 1 is 1.38 bits per heavy atom. The zero-order valence-corrected chi connectivity index (χ0v) is 12.6. The highest BCUT2D eigenvalue weighted by Gasteiger charge is 2.25. The van der Waals surface area contributed by atoms with Crippen LogP contribution in [0.1, 0.15) is 49.0 Å². The summed E-state index contributed by atoms with van der Waals surface area (Å²) < 4.78 is 0. The molecule has 1 amide bonds. The lowest BCUT2D eigenvalue weighted by atomic mass is 9.80. The predicted molar refractivity (Wildman–Crippen MR) is 81.6 cm³/mol. The van der Waals surface area contributed by atoms with Crippen molar-refractivity contribution in [3.8, 4) is 11.8 Å². The van der Waals surface area contributed by atoms with Gasteiger partial charge in [0.2, 0.25) is 0 Å². The van der Waals surface area contributed by atoms with Crippen LogP contribution in [0.15, 0.2) is 18.5 Å². The number of aliphatic hydroxyl groups excluding tert-OH is 1. The summed E-state index contributed by atoms with van der Waals surface area (Å²) in [5, 5.41) is 11.9. The van der Waals surface area contributed by atoms with Crippen LogP contribution >= 0.6 is 0 Å². The van der Waals surface area contributed by atoms with Gasteiger partial charge in [0.1, 0.15) is 6.61 Å². The summed E-state index contributed by atoms with van der Waals surface area (Å²) in [7, 11) is 0. The van der Waals surface area contributed by atoms with Crippen LogP contribution in [0.3, 0.4) is 0 Å². The van der Waals surface area contributed by atoms with Gasteiger partial charge >= 0.3 is 0 Å². The van der Waals surface area contributed by atoms with Gasteiger partial charge in [0.25, 0.3) is 5.91 Å². The van der Waals surface area contributed by atoms with Crippen LogP contribution in [-0.2, 0) is 0 Å². The highest BCUT2D eigenvalue weighted by atomic mass is 16.2. The number of pyridine rings is 1. The molecule has 4 heteroatoms. The molecular weight excluding hydrogens is 264 g/mol. The van der Waals surface area contributed by atoms with Crippen molar-refractivity contribution in [1.82, 2.24) is 10.3 Å². The van der Waals surface area contributed by atoms with Crippen LogP contribution in [0.25, 0.3) is 0 Å². The van der Waals surface area contributed by atoms with Crippen molar-refractivity contribution >= 4 is 5.91 Å². The van der Waals surface area contributed by atoms with Crippen LogP contribution in [0.4, 0.5) is 0 Å². The molecule has 2 rings (SSSR count). The molecule has 1 heterocycles. The van der Waals surface area contributed by atoms with E-state index in [2.05, 4.69) is 36.0 Å². The fraction of sp³-hybridized carbons (Fsp3) is 0.529. The Kier molecular flexibility index (Phi) is 5.35. The zero-order chi connectivity index (χ0) is 15.2. The second-order valence-corrected chi connectivity index (χ2v) is 5.97. The molecule has 1 aromatic rings. The van der Waals surface area contributed by atoms with Crippen molar-refractivity contribution in [2.45, 2.75) is 39.2 Å². The number of aliphatic hydroxyl groups is 1. The summed E-state index contributed by atoms with van der Waals surface area (Å²) >= 11 is 0. The Morgan fingerprint density at radius 3 is 2.76 bits per heavy atom. The van der Waals surface area contributed by atoms with Crippen LogP contribution in [0.2, 0.25) is 0 Å². The second kappa shape index (κ2) is 7.24. The minimum atomic E-state index is -0.229. The minimum Gasteiger partial charge on any atom is -0.384 e. The number of aromatic nitrogens is 1. The van der Waals surface area contributed by atoms with Crippen molar-refractivity contribution in [3.63, 3.8) is 0 Å². The number of amides is 1. The average Bonchev–Trinajstić information content (AvgIpc) is 2.44. The molecule has 112 valence electrons. The van der Waals surface area contributed by atoms with E-state index in [4.69, 9.17) is 5.11 Å². The van der Waals surface area contributed by atoms with Crippen molar-refractivity contribution in [2.75, 3.05) is 6.61 Å². The van der Waals surface area contributed by atoms with Gasteiger partial charge in [0, 0.05) is 18.4 Å². The molecule has 2 unspecified atom stereocenters. The van der Waals surface area contributed by atoms with Gasteiger partial charge in [-0.1, -0.05) is 25.7 Å². The lowest BCUT2D eigenvalue weighted by Crippen LogP contribution is -2.40. The highest BCUT2D eigenvalue weighted by Crippen LogP contribution is 2.28. The first-order chi connectivity index (χ1) is 10.1. The van der Waals surface area contributed by atoms with E-state index < -0.39 is 0 Å². The molecule has 21 heavy (non-hydrogen) atoms. The molecule has 0 aromatic carbocycles. The lowest BCUT2D eigenvalue weighted by molar-refractivity contribution is 0.0911. The first kappa shape index (κ1) is 15.5. The summed E-state index contributed by atoms with van der Waals surface area (Å²) in [6.07, 6.45) is 6.43. The molecular formula is C17H22N2O2. The van der Waals surface area contributed by atoms with Gasteiger partial charge in [-0.2, -0.15) is 0 Å². The van der Waals surface area contributed by atoms with Crippen LogP contribution in [0.5, 0.6) is 0 Å². The molecule has 1 aromatic heterocycles. The zero-order valence-electron chi connectivity index (χ0n) is 12.6. The Hall–Kier alpha value is -1.86. The number of rotatable bonds is 2. The normalized spacial score (nSPS) is 24.8. The van der Waals surface area contributed by atoms with Gasteiger partial charge in [0.05, 0.1) is 11.1 Å². The SMILES string of the molecule is CC1CC(C)CC(NC(=O)c2ccncc2C#CCO)C1. The molecule has 1 saturated carbocycles. The Balaban J connectivity index is 2.10. The highest BCUT2D eigenvalue weighted by molar-refractivity contribution is 5.96. The molecule has 0 radical (unpaired) electrons. The minimum absolute atomic E-state index is 0.106. The molecule has 0 bridgehead atoms. The Bertz CT molecular complexity index is 549. The molecule has 1 aliphatic carbocycles. The van der Waals surface area contributed by atoms with Crippen LogP contribution in [-0.4, -0.2) is 28.6 Å². The van der Waals surface area contributed by atoms with Gasteiger partial charge in [-0.15, -0.1) is 0 Å². The van der Waals surface area contributed by atoms with Crippen molar-refractivity contribution in [1.29, 1.82) is 0 Å². The Morgan fingerprint density at radius 2 is 2.10 bits per heavy atom. The molecule has 0 saturated heterocycles. The van der Waals surface area contributed by atoms with E-state index >= 15 is 0 Å². The summed E-state index contributed by atoms with van der Waals surface area (Å²) in [5.74, 6) is 6.52. The first-order valence-corrected chi connectivity index (χ1v) is 7.44. The van der Waals surface area contributed by atoms with Crippen molar-refractivity contribution < 1.29 is 9.90 Å². The van der Waals surface area contributed by atoms with Gasteiger partial charge in [0.15, 0.2) is 0 Å². The second-order valence-electron chi connectivity index (χ2n) is 5.97. The van der Waals surface area contributed by atoms with Crippen molar-refractivity contribution in [3.05, 3.63) is 29.6 Å². The number of nitrogens with one attached hydrogen (secondary N) is 1. The first-order valence-electron chi connectivity index (χ1n) is 7.44. The summed E-state index contributed by atoms with van der Waals surface area (Å²) in [4.78, 5) is 16.4. The summed E-state index contributed by atoms with van der Waals surface area (Å²) in [5.41, 5.74) is 1.08. The third kappa shape index (κ3) is 4.30. The van der Waals surface area contributed by atoms with Gasteiger partial charge < -0.3 is 10.4 Å². The summed E-state index contributed by atoms with van der Waals surface area (Å²) in [6, 6.07) is 1.90. The topological polar surface area (TPSA) is 62.2 Å². The Labute approximate surface area is 126 Å². The monoisotopic (exact) mass is 286 g/mol. The van der Waals surface area contributed by atoms with E-state index in [1.54, 1.807) is 18.5 Å². The third-order valence-electron chi connectivity index (χ3n) is 3.88. The lowest BCUT2D eigenvalue weighted by Gasteiger charge is -2.32. The summed E-state index contributed by atoms with van der Waals surface area (Å²) in [6.45, 7) is 4.24. The average molecular weight is 286 g/mol. The smallest absolute Gasteiger partial charge is 0.252 e. The van der Waals surface area contributed by atoms with E-state index in [9.17, 15) is 4.79 Å². The van der Waals surface area contributed by atoms with E-state index in [0.29, 0.717) is 23.0 Å². The maximum absolute atomic E-state index is 12.4. The fourth-order valence-electron chi connectivity index (χ4n) is 3.15. The third-order valence-corrected chi connectivity index (χ3v) is 3.88. The molecule has 0 aliphatic heterocycles. The maximum Gasteiger partial charge on any atom is 0.252 e. The quantitative estimate of drug-likeness (QED) is 0.817. The number of carbonyl (C=O) groups is 1. The fourth-order valence-corrected chi connectivity index (χ4v) is 3.15. The van der Waals surface area contributed by atoms with Gasteiger partial charge in [-0.3, -0.25) is 9.78 Å². The number of nitrogens with zero attached hydrogens (tertiary/aromatic N) is 1. The molecule has 0 spiro atoms. The maximum atomic E-state index is 12.4. The van der Waals surface area contributed by atoms with Crippen molar-refractivity contribution in [2.24, 2.45) is 11.8 Å². The van der Waals surface area contributed by atoms with E-state index in [-0.39, 0.29) is 18.6 Å². The molecule has 1 aliphatic rings. The molecule has 1 fully saturated rings. The van der Waals surface area contributed by atoms with E-state index in [1.807, 2.05) is 0 Å². The van der Waals surface area contributed by atoms with Crippen LogP contribution < -0.4 is 5.32 Å². The number of hydrogen-bond donors (Lipinski definition) is 2. The molecule has 2 N–H and O–H groups in total. The van der Waals surface area contributed by atoms with E-state index in [0.717, 1.165) is 12.8 Å². The van der Waals surface area contributed by atoms with Crippen LogP contribution in [0, 0.1) is 23.7 Å². The number of carbonyl (C=O) groups excluding carboxylic acids is 1. The standard InChI is InChI=1S/C17H22N2O2/c1-12-8-13(2)10-15(9-12)19-17(21)16-5-6-18-11-14(16)4-3-7-20/h5-6,11-13,15,20H,7-10H2,1-2H3,(H,19,21). The van der Waals surface area contributed by atoms with Gasteiger partial charge in [-0.05, 0) is 37.2 Å². The van der Waals surface area contributed by atoms with Gasteiger partial charge in [-0.25, -0.2) is 0 Å². The molecule has 2 atom stereocenters. The molecule has 4 nitrogen and oxygen atoms in total. The number of hydrogen-bond acceptors (Lipinski definition) is 3. The van der Waals surface area contributed by atoms with E-state index in [1.165, 1.54) is 6.42 Å². The largest absolute Gasteiger partial charge is 0.384 e.